The molecular formula is C15H20N2O3. The summed E-state index contributed by atoms with van der Waals surface area (Å²) in [6.07, 6.45) is 2.76. The number of carbonyl (C=O) groups excluding carboxylic acids is 1. The summed E-state index contributed by atoms with van der Waals surface area (Å²) < 4.78 is 10.8. The van der Waals surface area contributed by atoms with Crippen LogP contribution < -0.4 is 20.1 Å². The Hall–Kier alpha value is -2.01. The number of fused-ring (bicyclic) bond motifs is 1. The molecule has 2 N–H and O–H groups in total. The van der Waals surface area contributed by atoms with E-state index in [0.29, 0.717) is 18.7 Å². The third-order valence-electron chi connectivity index (χ3n) is 3.11. The number of methoxy groups -OCH3 is 1. The van der Waals surface area contributed by atoms with Gasteiger partial charge in [0.15, 0.2) is 0 Å². The van der Waals surface area contributed by atoms with Gasteiger partial charge in [-0.3, -0.25) is 4.79 Å². The third-order valence-corrected chi connectivity index (χ3v) is 3.11. The van der Waals surface area contributed by atoms with Crippen molar-refractivity contribution in [3.05, 3.63) is 29.3 Å². The van der Waals surface area contributed by atoms with E-state index in [1.807, 2.05) is 31.3 Å². The number of hydrogen-bond donors (Lipinski definition) is 2. The fourth-order valence-electron chi connectivity index (χ4n) is 1.99. The first-order valence-corrected chi connectivity index (χ1v) is 6.69. The van der Waals surface area contributed by atoms with Gasteiger partial charge in [0.1, 0.15) is 18.1 Å². The van der Waals surface area contributed by atoms with Crippen LogP contribution in [0.15, 0.2) is 23.8 Å². The maximum atomic E-state index is 12.0. The number of hydrogen-bond acceptors (Lipinski definition) is 4. The Labute approximate surface area is 119 Å². The Morgan fingerprint density at radius 1 is 1.40 bits per heavy atom. The van der Waals surface area contributed by atoms with Gasteiger partial charge in [-0.05, 0) is 44.3 Å². The Morgan fingerprint density at radius 2 is 2.25 bits per heavy atom. The minimum absolute atomic E-state index is 0.0745. The van der Waals surface area contributed by atoms with Gasteiger partial charge >= 0.3 is 0 Å². The van der Waals surface area contributed by atoms with Crippen molar-refractivity contribution in [3.8, 4) is 11.5 Å². The Kier molecular flexibility index (Phi) is 5.01. The van der Waals surface area contributed by atoms with Crippen molar-refractivity contribution in [2.75, 3.05) is 33.9 Å². The lowest BCUT2D eigenvalue weighted by Gasteiger charge is -2.18. The van der Waals surface area contributed by atoms with Gasteiger partial charge in [-0.25, -0.2) is 0 Å². The van der Waals surface area contributed by atoms with Crippen LogP contribution in [0.3, 0.4) is 0 Å². The first-order chi connectivity index (χ1) is 9.74. The molecule has 0 saturated heterocycles. The fourth-order valence-corrected chi connectivity index (χ4v) is 1.99. The normalized spacial score (nSPS) is 13.0. The number of rotatable bonds is 6. The summed E-state index contributed by atoms with van der Waals surface area (Å²) >= 11 is 0. The quantitative estimate of drug-likeness (QED) is 0.766. The highest BCUT2D eigenvalue weighted by Gasteiger charge is 2.17. The summed E-state index contributed by atoms with van der Waals surface area (Å²) in [7, 11) is 3.51. The van der Waals surface area contributed by atoms with Crippen molar-refractivity contribution in [1.29, 1.82) is 0 Å². The molecule has 0 aliphatic carbocycles. The van der Waals surface area contributed by atoms with Gasteiger partial charge in [0.25, 0.3) is 5.91 Å². The van der Waals surface area contributed by atoms with Gasteiger partial charge in [0.2, 0.25) is 0 Å². The summed E-state index contributed by atoms with van der Waals surface area (Å²) in [6.45, 7) is 1.84. The molecule has 0 atom stereocenters. The predicted octanol–water partition coefficient (Wildman–Crippen LogP) is 1.20. The molecular weight excluding hydrogens is 256 g/mol. The molecule has 5 nitrogen and oxygen atoms in total. The van der Waals surface area contributed by atoms with Crippen LogP contribution in [0.25, 0.3) is 6.08 Å². The van der Waals surface area contributed by atoms with Crippen LogP contribution in [0.4, 0.5) is 0 Å². The standard InChI is InChI=1S/C15H20N2O3/c1-16-6-3-7-17-15(18)12-8-11-9-13(19-2)4-5-14(11)20-10-12/h4-5,8-9,16H,3,6-7,10H2,1-2H3,(H,17,18). The van der Waals surface area contributed by atoms with Crippen molar-refractivity contribution >= 4 is 12.0 Å². The molecule has 0 aromatic heterocycles. The molecule has 1 amide bonds. The second-order valence-corrected chi connectivity index (χ2v) is 4.58. The van der Waals surface area contributed by atoms with Crippen molar-refractivity contribution in [3.63, 3.8) is 0 Å². The van der Waals surface area contributed by atoms with E-state index in [9.17, 15) is 4.79 Å². The smallest absolute Gasteiger partial charge is 0.250 e. The number of ether oxygens (including phenoxy) is 2. The number of benzene rings is 1. The molecule has 20 heavy (non-hydrogen) atoms. The second-order valence-electron chi connectivity index (χ2n) is 4.58. The van der Waals surface area contributed by atoms with Crippen LogP contribution in [0.2, 0.25) is 0 Å². The van der Waals surface area contributed by atoms with Gasteiger partial charge in [-0.1, -0.05) is 0 Å². The van der Waals surface area contributed by atoms with Crippen LogP contribution in [-0.4, -0.2) is 39.8 Å². The minimum atomic E-state index is -0.0745. The van der Waals surface area contributed by atoms with E-state index in [2.05, 4.69) is 10.6 Å². The first kappa shape index (κ1) is 14.4. The average Bonchev–Trinajstić information content (AvgIpc) is 2.50. The van der Waals surface area contributed by atoms with Crippen LogP contribution in [0.1, 0.15) is 12.0 Å². The molecule has 0 fully saturated rings. The Bertz CT molecular complexity index is 512. The molecule has 1 aliphatic rings. The highest BCUT2D eigenvalue weighted by Crippen LogP contribution is 2.29. The van der Waals surface area contributed by atoms with E-state index in [1.54, 1.807) is 7.11 Å². The maximum Gasteiger partial charge on any atom is 0.250 e. The van der Waals surface area contributed by atoms with Gasteiger partial charge in [-0.2, -0.15) is 0 Å². The topological polar surface area (TPSA) is 59.6 Å². The highest BCUT2D eigenvalue weighted by molar-refractivity contribution is 5.99. The lowest BCUT2D eigenvalue weighted by molar-refractivity contribution is -0.117. The van der Waals surface area contributed by atoms with Gasteiger partial charge in [0, 0.05) is 12.1 Å². The summed E-state index contributed by atoms with van der Waals surface area (Å²) in [5.74, 6) is 1.45. The summed E-state index contributed by atoms with van der Waals surface area (Å²) in [4.78, 5) is 12.0. The van der Waals surface area contributed by atoms with Crippen LogP contribution in [-0.2, 0) is 4.79 Å². The lowest BCUT2D eigenvalue weighted by atomic mass is 10.1. The zero-order valence-electron chi connectivity index (χ0n) is 11.9. The maximum absolute atomic E-state index is 12.0. The van der Waals surface area contributed by atoms with Crippen molar-refractivity contribution in [2.45, 2.75) is 6.42 Å². The molecule has 0 unspecified atom stereocenters. The van der Waals surface area contributed by atoms with E-state index in [1.165, 1.54) is 0 Å². The lowest BCUT2D eigenvalue weighted by Crippen LogP contribution is -2.30. The van der Waals surface area contributed by atoms with E-state index in [4.69, 9.17) is 9.47 Å². The van der Waals surface area contributed by atoms with Crippen LogP contribution >= 0.6 is 0 Å². The number of carbonyl (C=O) groups is 1. The molecule has 0 radical (unpaired) electrons. The van der Waals surface area contributed by atoms with Gasteiger partial charge in [0.05, 0.1) is 12.7 Å². The molecule has 2 rings (SSSR count). The minimum Gasteiger partial charge on any atom is -0.497 e. The molecule has 1 heterocycles. The fraction of sp³-hybridized carbons (Fsp3) is 0.400. The van der Waals surface area contributed by atoms with Crippen molar-refractivity contribution in [2.24, 2.45) is 0 Å². The molecule has 1 aromatic rings. The first-order valence-electron chi connectivity index (χ1n) is 6.69. The van der Waals surface area contributed by atoms with E-state index in [-0.39, 0.29) is 5.91 Å². The van der Waals surface area contributed by atoms with Gasteiger partial charge < -0.3 is 20.1 Å². The average molecular weight is 276 g/mol. The monoisotopic (exact) mass is 276 g/mol. The summed E-state index contributed by atoms with van der Waals surface area (Å²) in [5.41, 5.74) is 1.51. The largest absolute Gasteiger partial charge is 0.497 e. The molecule has 0 spiro atoms. The van der Waals surface area contributed by atoms with E-state index in [0.717, 1.165) is 30.0 Å². The molecule has 108 valence electrons. The zero-order chi connectivity index (χ0) is 14.4. The Balaban J connectivity index is 2.02. The number of nitrogens with one attached hydrogen (secondary N) is 2. The molecule has 1 aliphatic heterocycles. The molecule has 0 saturated carbocycles. The molecule has 0 bridgehead atoms. The third kappa shape index (κ3) is 3.51. The van der Waals surface area contributed by atoms with E-state index >= 15 is 0 Å². The highest BCUT2D eigenvalue weighted by atomic mass is 16.5. The predicted molar refractivity (Wildman–Crippen MR) is 78.0 cm³/mol. The second kappa shape index (κ2) is 6.96. The van der Waals surface area contributed by atoms with Crippen molar-refractivity contribution in [1.82, 2.24) is 10.6 Å². The van der Waals surface area contributed by atoms with E-state index < -0.39 is 0 Å². The summed E-state index contributed by atoms with van der Waals surface area (Å²) in [6, 6.07) is 5.56. The van der Waals surface area contributed by atoms with Gasteiger partial charge in [-0.15, -0.1) is 0 Å². The molecule has 5 heteroatoms. The number of amides is 1. The SMILES string of the molecule is CNCCCNC(=O)C1=Cc2cc(OC)ccc2OC1. The van der Waals surface area contributed by atoms with Crippen LogP contribution in [0.5, 0.6) is 11.5 Å². The Morgan fingerprint density at radius 3 is 3.00 bits per heavy atom. The zero-order valence-corrected chi connectivity index (χ0v) is 11.9. The van der Waals surface area contributed by atoms with Crippen molar-refractivity contribution < 1.29 is 14.3 Å². The summed E-state index contributed by atoms with van der Waals surface area (Å²) in [5, 5.41) is 5.93. The molecule has 1 aromatic carbocycles. The van der Waals surface area contributed by atoms with Crippen LogP contribution in [0, 0.1) is 0 Å².